The molecule has 14 nitrogen and oxygen atoms in total. The maximum Gasteiger partial charge on any atom is 0.329 e. The van der Waals surface area contributed by atoms with E-state index in [1.165, 1.54) is 35.9 Å². The van der Waals surface area contributed by atoms with Crippen LogP contribution in [0.25, 0.3) is 22.9 Å². The van der Waals surface area contributed by atoms with Crippen LogP contribution >= 0.6 is 0 Å². The van der Waals surface area contributed by atoms with Crippen molar-refractivity contribution in [3.05, 3.63) is 116 Å². The second-order valence-corrected chi connectivity index (χ2v) is 20.5. The number of hydrogen-bond acceptors (Lipinski definition) is 10. The van der Waals surface area contributed by atoms with Crippen LogP contribution in [0.5, 0.6) is 11.5 Å². The molecular formula is C56H64F2N8O6. The summed E-state index contributed by atoms with van der Waals surface area (Å²) >= 11 is 0. The molecule has 1 aromatic heterocycles. The number of aliphatic hydroxyl groups excluding tert-OH is 1. The fourth-order valence-corrected chi connectivity index (χ4v) is 12.1. The number of nitrogens with two attached hydrogens (primary N) is 1. The Bertz CT molecular complexity index is 3000. The van der Waals surface area contributed by atoms with Crippen molar-refractivity contribution in [3.8, 4) is 22.6 Å². The first kappa shape index (κ1) is 49.2. The number of carbonyl (C=O) groups is 3. The van der Waals surface area contributed by atoms with Crippen LogP contribution in [0.15, 0.2) is 72.0 Å². The molecule has 2 unspecified atom stereocenters. The maximum absolute atomic E-state index is 16.6. The first-order chi connectivity index (χ1) is 34.8. The van der Waals surface area contributed by atoms with Crippen LogP contribution in [0.1, 0.15) is 84.8 Å². The number of fused-ring (bicyclic) bond motifs is 2. The van der Waals surface area contributed by atoms with E-state index in [1.54, 1.807) is 11.6 Å². The Balaban J connectivity index is 0.754. The lowest BCUT2D eigenvalue weighted by molar-refractivity contribution is -0.120. The van der Waals surface area contributed by atoms with Gasteiger partial charge in [-0.25, -0.2) is 13.6 Å². The van der Waals surface area contributed by atoms with Crippen LogP contribution in [0.3, 0.4) is 0 Å². The van der Waals surface area contributed by atoms with Gasteiger partial charge >= 0.3 is 6.03 Å². The molecule has 3 aromatic carbocycles. The van der Waals surface area contributed by atoms with Crippen molar-refractivity contribution in [2.24, 2.45) is 30.5 Å². The lowest BCUT2D eigenvalue weighted by Crippen LogP contribution is -2.51. The molecule has 3 fully saturated rings. The van der Waals surface area contributed by atoms with Crippen LogP contribution in [0.2, 0.25) is 0 Å². The highest BCUT2D eigenvalue weighted by atomic mass is 19.1. The molecule has 5 heterocycles. The maximum atomic E-state index is 16.6. The van der Waals surface area contributed by atoms with Gasteiger partial charge in [0.2, 0.25) is 11.8 Å². The zero-order chi connectivity index (χ0) is 50.3. The molecule has 5 N–H and O–H groups in total. The second-order valence-electron chi connectivity index (χ2n) is 20.5. The standard InChI is InChI=1S/C56H64F2N8O6/c1-34-44(57)30-47-50(49(34)51-43(53(59)69)14-15-46(52(51)58)71-27-26-67)35(2)56(72-47,40-9-5-4-6-10-40)33-60-41-11-7-8-37(28-41)32-64-21-16-36(17-22-64)31-65-23-18-38(19-24-65)39-12-13-42-45(29-39)63(3)62-54(42)66-25-20-48(68)61-55(66)70/h4-7,9-11,14-15,29-30,35-38,41,60,67H,8,16-28,31-33H2,1-3H3,(H2,59,69)(H,61,68,70)/t35?,37-,41+,56?/m0/s1. The summed E-state index contributed by atoms with van der Waals surface area (Å²) in [6.45, 7) is 10.1. The summed E-state index contributed by atoms with van der Waals surface area (Å²) in [5.74, 6) is -0.936. The van der Waals surface area contributed by atoms with Gasteiger partial charge in [-0.05, 0) is 124 Å². The summed E-state index contributed by atoms with van der Waals surface area (Å²) in [5, 5.41) is 21.9. The smallest absolute Gasteiger partial charge is 0.329 e. The number of rotatable bonds is 15. The number of nitrogens with zero attached hydrogens (tertiary/aromatic N) is 5. The third kappa shape index (κ3) is 9.55. The van der Waals surface area contributed by atoms with E-state index in [1.807, 2.05) is 44.3 Å². The zero-order valence-corrected chi connectivity index (χ0v) is 41.3. The number of nitrogens with one attached hydrogen (secondary N) is 2. The summed E-state index contributed by atoms with van der Waals surface area (Å²) in [6.07, 6.45) is 13.3. The highest BCUT2D eigenvalue weighted by molar-refractivity contribution is 6.05. The number of piperidine rings is 2. The Morgan fingerprint density at radius 2 is 1.74 bits per heavy atom. The van der Waals surface area contributed by atoms with E-state index >= 15 is 8.78 Å². The van der Waals surface area contributed by atoms with E-state index in [4.69, 9.17) is 15.2 Å². The molecule has 72 heavy (non-hydrogen) atoms. The molecule has 4 aromatic rings. The molecule has 0 radical (unpaired) electrons. The predicted octanol–water partition coefficient (Wildman–Crippen LogP) is 5.29. The number of allylic oxidation sites excluding steroid dienone is 2. The quantitative estimate of drug-likeness (QED) is 0.0909. The lowest BCUT2D eigenvalue weighted by Gasteiger charge is -2.39. The summed E-state index contributed by atoms with van der Waals surface area (Å²) < 4.78 is 46.8. The number of benzene rings is 3. The molecule has 2 aliphatic carbocycles. The molecular weight excluding hydrogens is 919 g/mol. The molecule has 10 rings (SSSR count). The molecule has 4 amide bonds. The predicted molar refractivity (Wildman–Crippen MR) is 270 cm³/mol. The number of halogens is 2. The molecule has 378 valence electrons. The van der Waals surface area contributed by atoms with E-state index < -0.39 is 35.1 Å². The number of amides is 4. The first-order valence-corrected chi connectivity index (χ1v) is 25.5. The van der Waals surface area contributed by atoms with Crippen molar-refractivity contribution >= 4 is 35.5 Å². The Morgan fingerprint density at radius 3 is 2.46 bits per heavy atom. The minimum Gasteiger partial charge on any atom is -0.488 e. The van der Waals surface area contributed by atoms with Gasteiger partial charge in [-0.1, -0.05) is 60.9 Å². The Morgan fingerprint density at radius 1 is 1.00 bits per heavy atom. The normalized spacial score (nSPS) is 23.7. The summed E-state index contributed by atoms with van der Waals surface area (Å²) in [6, 6.07) is 13.5. The SMILES string of the molecule is Cc1c(F)cc2c(c1-c1c(C(N)=O)ccc(OCCO)c1F)C(C)C(CN[C@@H]1C=CC[C@H](CN3CCC(CN4CCC(C5=C=C=c6c(N7CCC(=O)NC7=O)nn(C)c6=C5)CC4)CC3)C1)(c1ccccc1)O2. The number of aryl methyl sites for hydroxylation is 1. The van der Waals surface area contributed by atoms with E-state index in [9.17, 15) is 19.5 Å². The molecule has 4 aliphatic heterocycles. The van der Waals surface area contributed by atoms with Crippen LogP contribution in [0, 0.1) is 36.3 Å². The van der Waals surface area contributed by atoms with Gasteiger partial charge in [0.1, 0.15) is 18.2 Å². The van der Waals surface area contributed by atoms with Gasteiger partial charge in [-0.3, -0.25) is 24.5 Å². The summed E-state index contributed by atoms with van der Waals surface area (Å²) in [5.41, 5.74) is 14.2. The summed E-state index contributed by atoms with van der Waals surface area (Å²) in [7, 11) is 1.87. The lowest BCUT2D eigenvalue weighted by atomic mass is 9.76. The third-order valence-electron chi connectivity index (χ3n) is 16.0. The zero-order valence-electron chi connectivity index (χ0n) is 41.3. The molecule has 16 heteroatoms. The van der Waals surface area contributed by atoms with Crippen molar-refractivity contribution in [1.82, 2.24) is 30.2 Å². The van der Waals surface area contributed by atoms with E-state index in [0.29, 0.717) is 35.7 Å². The minimum atomic E-state index is -1.01. The average molecular weight is 983 g/mol. The van der Waals surface area contributed by atoms with Crippen molar-refractivity contribution in [3.63, 3.8) is 0 Å². The number of imide groups is 1. The van der Waals surface area contributed by atoms with E-state index in [2.05, 4.69) is 55.2 Å². The highest BCUT2D eigenvalue weighted by Gasteiger charge is 2.50. The summed E-state index contributed by atoms with van der Waals surface area (Å²) in [4.78, 5) is 43.9. The van der Waals surface area contributed by atoms with Gasteiger partial charge < -0.3 is 35.4 Å². The van der Waals surface area contributed by atoms with Crippen molar-refractivity contribution < 1.29 is 37.7 Å². The van der Waals surface area contributed by atoms with Crippen molar-refractivity contribution in [2.75, 3.05) is 70.5 Å². The molecule has 0 saturated carbocycles. The van der Waals surface area contributed by atoms with Crippen LogP contribution in [-0.4, -0.2) is 114 Å². The number of aliphatic hydroxyl groups is 1. The van der Waals surface area contributed by atoms with Gasteiger partial charge in [0.05, 0.1) is 22.7 Å². The van der Waals surface area contributed by atoms with Crippen molar-refractivity contribution in [1.29, 1.82) is 0 Å². The second kappa shape index (κ2) is 20.6. The average Bonchev–Trinajstić information content (AvgIpc) is 3.86. The molecule has 3 saturated heterocycles. The number of carbonyl (C=O) groups excluding carboxylic acids is 3. The van der Waals surface area contributed by atoms with Gasteiger partial charge in [0, 0.05) is 74.4 Å². The van der Waals surface area contributed by atoms with Crippen LogP contribution in [-0.2, 0) is 17.4 Å². The van der Waals surface area contributed by atoms with Crippen molar-refractivity contribution in [2.45, 2.75) is 76.4 Å². The number of anilines is 1. The van der Waals surface area contributed by atoms with E-state index in [-0.39, 0.29) is 71.9 Å². The highest BCUT2D eigenvalue weighted by Crippen LogP contribution is 2.55. The number of primary amides is 1. The Labute approximate surface area is 418 Å². The topological polar surface area (TPSA) is 168 Å². The number of hydrogen-bond donors (Lipinski definition) is 4. The van der Waals surface area contributed by atoms with Gasteiger partial charge in [-0.15, -0.1) is 0 Å². The van der Waals surface area contributed by atoms with Gasteiger partial charge in [0.15, 0.2) is 23.0 Å². The fraction of sp³-hybridized carbons (Fsp3) is 0.464. The molecule has 0 spiro atoms. The van der Waals surface area contributed by atoms with E-state index in [0.717, 1.165) is 86.7 Å². The number of urea groups is 1. The van der Waals surface area contributed by atoms with Gasteiger partial charge in [0.25, 0.3) is 0 Å². The fourth-order valence-electron chi connectivity index (χ4n) is 12.1. The molecule has 4 atom stereocenters. The largest absolute Gasteiger partial charge is 0.488 e. The number of ether oxygens (including phenoxy) is 2. The number of aromatic nitrogens is 2. The number of likely N-dealkylation sites (tertiary alicyclic amines) is 2. The minimum absolute atomic E-state index is 0.0661. The van der Waals surface area contributed by atoms with Crippen LogP contribution < -0.4 is 41.3 Å². The first-order valence-electron chi connectivity index (χ1n) is 25.5. The Hall–Kier alpha value is -6.38. The van der Waals surface area contributed by atoms with Crippen LogP contribution in [0.4, 0.5) is 19.4 Å². The third-order valence-corrected chi connectivity index (χ3v) is 16.0. The molecule has 6 aliphatic rings. The Kier molecular flexibility index (Phi) is 14.1. The monoisotopic (exact) mass is 982 g/mol. The molecule has 0 bridgehead atoms. The van der Waals surface area contributed by atoms with Gasteiger partial charge in [-0.2, -0.15) is 5.10 Å².